The Bertz CT molecular complexity index is 616. The molecule has 0 saturated heterocycles. The number of rotatable bonds is 14. The second kappa shape index (κ2) is 14.1. The Balaban J connectivity index is 4.31. The van der Waals surface area contributed by atoms with Crippen LogP contribution in [-0.2, 0) is 33.5 Å². The maximum Gasteiger partial charge on any atom is 0.246 e. The SMILES string of the molecule is [B]C(=O)COCC(=O)NC(C)C(=O)NC(C)C(=O)NC(C)C(=O)NCCNC=O. The first kappa shape index (κ1) is 26.0. The Labute approximate surface area is 169 Å². The van der Waals surface area contributed by atoms with E-state index in [0.717, 1.165) is 0 Å². The van der Waals surface area contributed by atoms with Gasteiger partial charge in [0.15, 0.2) is 7.85 Å². The molecular weight excluding hydrogens is 385 g/mol. The van der Waals surface area contributed by atoms with E-state index in [1.54, 1.807) is 0 Å². The van der Waals surface area contributed by atoms with E-state index in [1.165, 1.54) is 20.8 Å². The molecule has 5 N–H and O–H groups in total. The van der Waals surface area contributed by atoms with Gasteiger partial charge in [-0.2, -0.15) is 0 Å². The summed E-state index contributed by atoms with van der Waals surface area (Å²) in [6, 6.07) is -2.81. The summed E-state index contributed by atoms with van der Waals surface area (Å²) in [5, 5.41) is 12.1. The van der Waals surface area contributed by atoms with Gasteiger partial charge in [-0.25, -0.2) is 0 Å². The van der Waals surface area contributed by atoms with Gasteiger partial charge in [-0.1, -0.05) is 0 Å². The molecule has 0 aromatic heterocycles. The number of hydrogen-bond donors (Lipinski definition) is 5. The smallest absolute Gasteiger partial charge is 0.246 e. The van der Waals surface area contributed by atoms with Crippen LogP contribution in [0.25, 0.3) is 0 Å². The minimum Gasteiger partial charge on any atom is -0.365 e. The van der Waals surface area contributed by atoms with Crippen LogP contribution in [0.4, 0.5) is 0 Å². The molecule has 0 aliphatic carbocycles. The van der Waals surface area contributed by atoms with Crippen LogP contribution >= 0.6 is 0 Å². The van der Waals surface area contributed by atoms with Gasteiger partial charge in [0.2, 0.25) is 30.0 Å². The van der Waals surface area contributed by atoms with Gasteiger partial charge >= 0.3 is 0 Å². The summed E-state index contributed by atoms with van der Waals surface area (Å²) in [6.07, 6.45) is 0.499. The molecule has 2 radical (unpaired) electrons. The fourth-order valence-corrected chi connectivity index (χ4v) is 1.87. The van der Waals surface area contributed by atoms with E-state index >= 15 is 0 Å². The van der Waals surface area contributed by atoms with Crippen molar-refractivity contribution in [1.82, 2.24) is 26.6 Å². The zero-order chi connectivity index (χ0) is 22.4. The standard InChI is InChI=1S/C16H26BN5O7/c1-9(14(26)19-5-4-18-8-23)21-16(28)11(3)22-15(27)10(2)20-13(25)7-29-6-12(17)24/h8-11H,4-7H2,1-3H3,(H,18,23)(H,19,26)(H,20,25)(H,21,28)(H,22,27). The number of nitrogens with one attached hydrogen (secondary N) is 5. The largest absolute Gasteiger partial charge is 0.365 e. The van der Waals surface area contributed by atoms with Gasteiger partial charge in [-0.3, -0.25) is 24.0 Å². The maximum atomic E-state index is 12.1. The number of carbonyl (C=O) groups is 6. The monoisotopic (exact) mass is 411 g/mol. The van der Waals surface area contributed by atoms with Crippen LogP contribution in [0.15, 0.2) is 0 Å². The van der Waals surface area contributed by atoms with Crippen molar-refractivity contribution in [2.75, 3.05) is 26.3 Å². The second-order valence-corrected chi connectivity index (χ2v) is 6.07. The molecule has 13 heteroatoms. The van der Waals surface area contributed by atoms with Crippen LogP contribution in [0.2, 0.25) is 0 Å². The topological polar surface area (TPSA) is 172 Å². The zero-order valence-corrected chi connectivity index (χ0v) is 16.6. The lowest BCUT2D eigenvalue weighted by Crippen LogP contribution is -2.55. The highest BCUT2D eigenvalue weighted by molar-refractivity contribution is 6.58. The molecule has 0 bridgehead atoms. The summed E-state index contributed by atoms with van der Waals surface area (Å²) in [5.41, 5.74) is -0.732. The van der Waals surface area contributed by atoms with Crippen molar-refractivity contribution in [1.29, 1.82) is 0 Å². The van der Waals surface area contributed by atoms with E-state index in [1.807, 2.05) is 0 Å². The molecule has 0 aromatic carbocycles. The lowest BCUT2D eigenvalue weighted by Gasteiger charge is -2.20. The third kappa shape index (κ3) is 12.2. The summed E-state index contributed by atoms with van der Waals surface area (Å²) in [5.74, 6) is -2.33. The molecule has 0 aliphatic heterocycles. The summed E-state index contributed by atoms with van der Waals surface area (Å²) in [6.45, 7) is 3.84. The average Bonchev–Trinajstić information content (AvgIpc) is 2.64. The van der Waals surface area contributed by atoms with E-state index in [-0.39, 0.29) is 13.1 Å². The molecule has 5 amide bonds. The third-order valence-corrected chi connectivity index (χ3v) is 3.40. The molecule has 29 heavy (non-hydrogen) atoms. The molecule has 0 fully saturated rings. The molecule has 0 heterocycles. The Kier molecular flexibility index (Phi) is 12.7. The van der Waals surface area contributed by atoms with Gasteiger partial charge in [-0.15, -0.1) is 0 Å². The van der Waals surface area contributed by atoms with E-state index in [9.17, 15) is 28.8 Å². The minimum absolute atomic E-state index is 0.199. The lowest BCUT2D eigenvalue weighted by atomic mass is 10.1. The van der Waals surface area contributed by atoms with Gasteiger partial charge in [0, 0.05) is 13.1 Å². The summed E-state index contributed by atoms with van der Waals surface area (Å²) >= 11 is 0. The molecule has 3 atom stereocenters. The fraction of sp³-hybridized carbons (Fsp3) is 0.625. The van der Waals surface area contributed by atoms with Gasteiger partial charge < -0.3 is 36.1 Å². The van der Waals surface area contributed by atoms with E-state index in [2.05, 4.69) is 26.6 Å². The number of carbonyl (C=O) groups excluding carboxylic acids is 6. The molecular formula is C16H26BN5O7. The summed E-state index contributed by atoms with van der Waals surface area (Å²) < 4.78 is 4.72. The normalized spacial score (nSPS) is 13.2. The highest BCUT2D eigenvalue weighted by Gasteiger charge is 2.23. The minimum atomic E-state index is -0.972. The summed E-state index contributed by atoms with van der Waals surface area (Å²) in [4.78, 5) is 68.2. The van der Waals surface area contributed by atoms with Gasteiger partial charge in [-0.05, 0) is 20.8 Å². The van der Waals surface area contributed by atoms with Crippen LogP contribution in [0.5, 0.6) is 0 Å². The second-order valence-electron chi connectivity index (χ2n) is 6.07. The Morgan fingerprint density at radius 1 is 0.828 bits per heavy atom. The van der Waals surface area contributed by atoms with Gasteiger partial charge in [0.1, 0.15) is 30.4 Å². The van der Waals surface area contributed by atoms with Crippen molar-refractivity contribution in [2.24, 2.45) is 0 Å². The maximum absolute atomic E-state index is 12.1. The molecule has 0 saturated carbocycles. The molecule has 160 valence electrons. The van der Waals surface area contributed by atoms with Crippen molar-refractivity contribution in [2.45, 2.75) is 38.9 Å². The van der Waals surface area contributed by atoms with E-state index < -0.39 is 60.7 Å². The van der Waals surface area contributed by atoms with Crippen molar-refractivity contribution in [3.8, 4) is 0 Å². The van der Waals surface area contributed by atoms with Crippen LogP contribution in [0, 0.1) is 0 Å². The van der Waals surface area contributed by atoms with E-state index in [4.69, 9.17) is 12.6 Å². The van der Waals surface area contributed by atoms with Gasteiger partial charge in [0.25, 0.3) is 0 Å². The van der Waals surface area contributed by atoms with Crippen LogP contribution < -0.4 is 26.6 Å². The molecule has 0 aromatic rings. The molecule has 3 unspecified atom stereocenters. The average molecular weight is 411 g/mol. The van der Waals surface area contributed by atoms with Crippen molar-refractivity contribution >= 4 is 43.6 Å². The zero-order valence-electron chi connectivity index (χ0n) is 16.6. The predicted molar refractivity (Wildman–Crippen MR) is 101 cm³/mol. The number of hydrogen-bond acceptors (Lipinski definition) is 7. The van der Waals surface area contributed by atoms with Crippen molar-refractivity contribution in [3.05, 3.63) is 0 Å². The first-order chi connectivity index (χ1) is 13.6. The predicted octanol–water partition coefficient (Wildman–Crippen LogP) is -3.93. The fourth-order valence-electron chi connectivity index (χ4n) is 1.87. The Morgan fingerprint density at radius 3 is 1.86 bits per heavy atom. The Morgan fingerprint density at radius 2 is 1.34 bits per heavy atom. The molecule has 0 aliphatic rings. The van der Waals surface area contributed by atoms with Crippen LogP contribution in [-0.4, -0.2) is 88.0 Å². The first-order valence-corrected chi connectivity index (χ1v) is 8.79. The number of amides is 5. The van der Waals surface area contributed by atoms with Crippen molar-refractivity contribution < 1.29 is 33.5 Å². The first-order valence-electron chi connectivity index (χ1n) is 8.79. The van der Waals surface area contributed by atoms with Crippen LogP contribution in [0.3, 0.4) is 0 Å². The lowest BCUT2D eigenvalue weighted by molar-refractivity contribution is -0.134. The third-order valence-electron chi connectivity index (χ3n) is 3.40. The molecule has 0 spiro atoms. The molecule has 12 nitrogen and oxygen atoms in total. The highest BCUT2D eigenvalue weighted by atomic mass is 16.5. The number of ether oxygens (including phenoxy) is 1. The highest BCUT2D eigenvalue weighted by Crippen LogP contribution is 1.91. The van der Waals surface area contributed by atoms with E-state index in [0.29, 0.717) is 6.41 Å². The van der Waals surface area contributed by atoms with Crippen molar-refractivity contribution in [3.63, 3.8) is 0 Å². The van der Waals surface area contributed by atoms with Crippen LogP contribution in [0.1, 0.15) is 20.8 Å². The molecule has 0 rings (SSSR count). The quantitative estimate of drug-likeness (QED) is 0.110. The van der Waals surface area contributed by atoms with Gasteiger partial charge in [0.05, 0.1) is 6.61 Å². The summed E-state index contributed by atoms with van der Waals surface area (Å²) in [7, 11) is 4.86. The Hall–Kier alpha value is -2.96.